The van der Waals surface area contributed by atoms with Crippen LogP contribution in [0.4, 0.5) is 11.4 Å². The lowest BCUT2D eigenvalue weighted by molar-refractivity contribution is -0.117. The molecule has 0 radical (unpaired) electrons. The number of carbonyl (C=O) groups is 1. The van der Waals surface area contributed by atoms with Crippen LogP contribution in [0.1, 0.15) is 24.0 Å². The molecule has 1 amide bonds. The summed E-state index contributed by atoms with van der Waals surface area (Å²) < 4.78 is 5.90. The Kier molecular flexibility index (Phi) is 6.65. The van der Waals surface area contributed by atoms with Crippen LogP contribution in [0.3, 0.4) is 0 Å². The van der Waals surface area contributed by atoms with Gasteiger partial charge in [0.25, 0.3) is 0 Å². The second-order valence-electron chi connectivity index (χ2n) is 7.60. The van der Waals surface area contributed by atoms with Gasteiger partial charge in [-0.15, -0.1) is 0 Å². The van der Waals surface area contributed by atoms with Crippen molar-refractivity contribution in [2.75, 3.05) is 29.9 Å². The van der Waals surface area contributed by atoms with Gasteiger partial charge in [-0.05, 0) is 55.0 Å². The van der Waals surface area contributed by atoms with E-state index in [1.54, 1.807) is 0 Å². The number of rotatable bonds is 8. The number of anilines is 2. The number of nitrogens with zero attached hydrogens (tertiary/aromatic N) is 1. The van der Waals surface area contributed by atoms with Crippen molar-refractivity contribution in [1.82, 2.24) is 0 Å². The zero-order chi connectivity index (χ0) is 20.6. The van der Waals surface area contributed by atoms with E-state index in [2.05, 4.69) is 35.6 Å². The Balaban J connectivity index is 1.27. The highest BCUT2D eigenvalue weighted by molar-refractivity contribution is 5.97. The fourth-order valence-electron chi connectivity index (χ4n) is 3.87. The normalized spacial score (nSPS) is 12.9. The largest absolute Gasteiger partial charge is 0.494 e. The van der Waals surface area contributed by atoms with E-state index >= 15 is 0 Å². The van der Waals surface area contributed by atoms with E-state index in [-0.39, 0.29) is 12.5 Å². The van der Waals surface area contributed by atoms with Gasteiger partial charge in [0, 0.05) is 24.0 Å². The quantitative estimate of drug-likeness (QED) is 0.536. The first-order chi connectivity index (χ1) is 14.8. The van der Waals surface area contributed by atoms with Gasteiger partial charge < -0.3 is 15.0 Å². The number of carbonyl (C=O) groups excluding carboxylic acids is 1. The third-order valence-corrected chi connectivity index (χ3v) is 5.41. The fraction of sp³-hybridized carbons (Fsp3) is 0.269. The molecule has 4 nitrogen and oxygen atoms in total. The third-order valence-electron chi connectivity index (χ3n) is 5.41. The number of amides is 1. The average Bonchev–Trinajstić information content (AvgIpc) is 2.81. The van der Waals surface area contributed by atoms with E-state index in [4.69, 9.17) is 4.74 Å². The molecule has 1 N–H and O–H groups in total. The van der Waals surface area contributed by atoms with Gasteiger partial charge >= 0.3 is 0 Å². The SMILES string of the molecule is O=C(CNc1cccc(OCCCc2ccccc2)c1)N1CCCc2ccccc21. The van der Waals surface area contributed by atoms with Crippen LogP contribution >= 0.6 is 0 Å². The van der Waals surface area contributed by atoms with Crippen LogP contribution in [0.5, 0.6) is 5.75 Å². The highest BCUT2D eigenvalue weighted by atomic mass is 16.5. The lowest BCUT2D eigenvalue weighted by Crippen LogP contribution is -2.39. The first kappa shape index (κ1) is 20.0. The summed E-state index contributed by atoms with van der Waals surface area (Å²) in [5, 5.41) is 3.26. The number of hydrogen-bond acceptors (Lipinski definition) is 3. The molecule has 4 heteroatoms. The monoisotopic (exact) mass is 400 g/mol. The molecule has 0 aliphatic carbocycles. The van der Waals surface area contributed by atoms with Gasteiger partial charge in [0.15, 0.2) is 0 Å². The standard InChI is InChI=1S/C26H28N2O2/c29-26(28-17-7-13-22-12-4-5-16-25(22)28)20-27-23-14-6-15-24(19-23)30-18-8-11-21-9-2-1-3-10-21/h1-6,9-10,12,14-16,19,27H,7-8,11,13,17-18,20H2. The maximum atomic E-state index is 12.8. The molecule has 3 aromatic carbocycles. The Hall–Kier alpha value is -3.27. The topological polar surface area (TPSA) is 41.6 Å². The van der Waals surface area contributed by atoms with E-state index in [0.717, 1.165) is 49.4 Å². The number of hydrogen-bond donors (Lipinski definition) is 1. The summed E-state index contributed by atoms with van der Waals surface area (Å²) in [5.74, 6) is 0.917. The minimum absolute atomic E-state index is 0.0938. The van der Waals surface area contributed by atoms with Crippen LogP contribution in [-0.2, 0) is 17.6 Å². The summed E-state index contributed by atoms with van der Waals surface area (Å²) in [6.07, 6.45) is 4.02. The maximum Gasteiger partial charge on any atom is 0.246 e. The minimum Gasteiger partial charge on any atom is -0.494 e. The van der Waals surface area contributed by atoms with E-state index in [9.17, 15) is 4.79 Å². The van der Waals surface area contributed by atoms with Crippen LogP contribution in [0.15, 0.2) is 78.9 Å². The predicted octanol–water partition coefficient (Wildman–Crippen LogP) is 5.09. The van der Waals surface area contributed by atoms with E-state index in [1.807, 2.05) is 53.4 Å². The average molecular weight is 401 g/mol. The van der Waals surface area contributed by atoms with Crippen molar-refractivity contribution in [2.45, 2.75) is 25.7 Å². The predicted molar refractivity (Wildman–Crippen MR) is 122 cm³/mol. The van der Waals surface area contributed by atoms with Gasteiger partial charge in [0.05, 0.1) is 13.2 Å². The van der Waals surface area contributed by atoms with Crippen LogP contribution in [0.2, 0.25) is 0 Å². The van der Waals surface area contributed by atoms with Crippen molar-refractivity contribution in [2.24, 2.45) is 0 Å². The summed E-state index contributed by atoms with van der Waals surface area (Å²) in [6.45, 7) is 1.72. The van der Waals surface area contributed by atoms with Gasteiger partial charge in [0.2, 0.25) is 5.91 Å². The molecule has 30 heavy (non-hydrogen) atoms. The van der Waals surface area contributed by atoms with Crippen molar-refractivity contribution in [3.05, 3.63) is 90.0 Å². The number of ether oxygens (including phenoxy) is 1. The zero-order valence-electron chi connectivity index (χ0n) is 17.2. The first-order valence-corrected chi connectivity index (χ1v) is 10.7. The zero-order valence-corrected chi connectivity index (χ0v) is 17.2. The second-order valence-corrected chi connectivity index (χ2v) is 7.60. The fourth-order valence-corrected chi connectivity index (χ4v) is 3.87. The van der Waals surface area contributed by atoms with Crippen molar-refractivity contribution in [3.8, 4) is 5.75 Å². The Bertz CT molecular complexity index is 972. The molecule has 0 unspecified atom stereocenters. The summed E-state index contributed by atoms with van der Waals surface area (Å²) in [5.41, 5.74) is 4.53. The number of fused-ring (bicyclic) bond motifs is 1. The summed E-state index contributed by atoms with van der Waals surface area (Å²) in [4.78, 5) is 14.7. The molecule has 0 aromatic heterocycles. The van der Waals surface area contributed by atoms with Gasteiger partial charge in [-0.3, -0.25) is 4.79 Å². The van der Waals surface area contributed by atoms with E-state index in [1.165, 1.54) is 11.1 Å². The van der Waals surface area contributed by atoms with Crippen LogP contribution in [0, 0.1) is 0 Å². The minimum atomic E-state index is 0.0938. The summed E-state index contributed by atoms with van der Waals surface area (Å²) >= 11 is 0. The Morgan fingerprint density at radius 2 is 1.80 bits per heavy atom. The molecule has 154 valence electrons. The van der Waals surface area contributed by atoms with Gasteiger partial charge in [0.1, 0.15) is 5.75 Å². The number of para-hydroxylation sites is 1. The lowest BCUT2D eigenvalue weighted by Gasteiger charge is -2.29. The molecule has 0 spiro atoms. The molecular formula is C26H28N2O2. The van der Waals surface area contributed by atoms with Gasteiger partial charge in [-0.25, -0.2) is 0 Å². The molecule has 0 atom stereocenters. The van der Waals surface area contributed by atoms with Crippen molar-refractivity contribution >= 4 is 17.3 Å². The highest BCUT2D eigenvalue weighted by Gasteiger charge is 2.21. The van der Waals surface area contributed by atoms with E-state index < -0.39 is 0 Å². The maximum absolute atomic E-state index is 12.8. The van der Waals surface area contributed by atoms with Crippen molar-refractivity contribution < 1.29 is 9.53 Å². The van der Waals surface area contributed by atoms with Crippen LogP contribution in [0.25, 0.3) is 0 Å². The Morgan fingerprint density at radius 3 is 2.70 bits per heavy atom. The second kappa shape index (κ2) is 9.97. The summed E-state index contributed by atoms with van der Waals surface area (Å²) in [6, 6.07) is 26.5. The van der Waals surface area contributed by atoms with Crippen molar-refractivity contribution in [1.29, 1.82) is 0 Å². The first-order valence-electron chi connectivity index (χ1n) is 10.7. The number of benzene rings is 3. The molecular weight excluding hydrogens is 372 g/mol. The Labute approximate surface area is 178 Å². The number of aryl methyl sites for hydroxylation is 2. The van der Waals surface area contributed by atoms with Gasteiger partial charge in [-0.1, -0.05) is 54.6 Å². The van der Waals surface area contributed by atoms with Crippen LogP contribution < -0.4 is 15.0 Å². The molecule has 0 saturated heterocycles. The van der Waals surface area contributed by atoms with Crippen LogP contribution in [-0.4, -0.2) is 25.6 Å². The third kappa shape index (κ3) is 5.20. The summed E-state index contributed by atoms with van der Waals surface area (Å²) in [7, 11) is 0. The molecule has 1 aliphatic heterocycles. The highest BCUT2D eigenvalue weighted by Crippen LogP contribution is 2.27. The molecule has 0 fully saturated rings. The molecule has 0 bridgehead atoms. The number of nitrogens with one attached hydrogen (secondary N) is 1. The molecule has 1 aliphatic rings. The smallest absolute Gasteiger partial charge is 0.246 e. The molecule has 4 rings (SSSR count). The van der Waals surface area contributed by atoms with Gasteiger partial charge in [-0.2, -0.15) is 0 Å². The molecule has 3 aromatic rings. The van der Waals surface area contributed by atoms with E-state index in [0.29, 0.717) is 6.61 Å². The van der Waals surface area contributed by atoms with Crippen molar-refractivity contribution in [3.63, 3.8) is 0 Å². The Morgan fingerprint density at radius 1 is 0.967 bits per heavy atom. The molecule has 1 heterocycles. The molecule has 0 saturated carbocycles. The lowest BCUT2D eigenvalue weighted by atomic mass is 10.0.